The summed E-state index contributed by atoms with van der Waals surface area (Å²) in [4.78, 5) is 23.4. The molecule has 2 atom stereocenters. The van der Waals surface area contributed by atoms with E-state index in [-0.39, 0.29) is 12.8 Å². The molecule has 0 aromatic carbocycles. The predicted molar refractivity (Wildman–Crippen MR) is 77.7 cm³/mol. The van der Waals surface area contributed by atoms with Gasteiger partial charge in [0.05, 0.1) is 12.0 Å². The van der Waals surface area contributed by atoms with Crippen LogP contribution in [-0.2, 0) is 23.7 Å². The maximum Gasteiger partial charge on any atom is 0.460 e. The average molecular weight is 571 g/mol. The summed E-state index contributed by atoms with van der Waals surface area (Å²) in [6.45, 7) is 0. The highest BCUT2D eigenvalue weighted by Gasteiger charge is 2.94. The van der Waals surface area contributed by atoms with E-state index in [9.17, 15) is 76.3 Å². The molecular formula is C14H9F14O6S-. The molecule has 2 unspecified atom stereocenters. The van der Waals surface area contributed by atoms with Crippen LogP contribution >= 0.6 is 12.0 Å². The van der Waals surface area contributed by atoms with Gasteiger partial charge < -0.3 is 9.99 Å². The molecule has 21 heteroatoms. The number of hydrogen-bond donors (Lipinski definition) is 0. The Morgan fingerprint density at radius 3 is 1.66 bits per heavy atom. The van der Waals surface area contributed by atoms with E-state index in [4.69, 9.17) is 0 Å². The molecule has 206 valence electrons. The monoisotopic (exact) mass is 571 g/mol. The Labute approximate surface area is 187 Å². The molecule has 1 fully saturated rings. The minimum atomic E-state index is -8.44. The van der Waals surface area contributed by atoms with Gasteiger partial charge in [-0.25, -0.2) is 9.18 Å². The van der Waals surface area contributed by atoms with Crippen molar-refractivity contribution in [2.24, 2.45) is 0 Å². The molecule has 1 saturated carbocycles. The van der Waals surface area contributed by atoms with E-state index >= 15 is 0 Å². The van der Waals surface area contributed by atoms with E-state index < -0.39 is 83.5 Å². The van der Waals surface area contributed by atoms with E-state index in [0.29, 0.717) is 0 Å². The van der Waals surface area contributed by atoms with Crippen molar-refractivity contribution in [2.75, 3.05) is 0 Å². The summed E-state index contributed by atoms with van der Waals surface area (Å²) in [7, 11) is 0. The van der Waals surface area contributed by atoms with Crippen LogP contribution in [0.1, 0.15) is 25.7 Å². The summed E-state index contributed by atoms with van der Waals surface area (Å²) in [6, 6.07) is 0. The van der Waals surface area contributed by atoms with Gasteiger partial charge in [0, 0.05) is 6.42 Å². The molecule has 0 aromatic heterocycles. The van der Waals surface area contributed by atoms with Crippen molar-refractivity contribution >= 4 is 23.8 Å². The van der Waals surface area contributed by atoms with Crippen molar-refractivity contribution in [3.63, 3.8) is 0 Å². The lowest BCUT2D eigenvalue weighted by Crippen LogP contribution is -2.73. The van der Waals surface area contributed by atoms with Gasteiger partial charge in [-0.3, -0.25) is 9.83 Å². The van der Waals surface area contributed by atoms with Gasteiger partial charge in [-0.1, -0.05) is 0 Å². The Morgan fingerprint density at radius 1 is 0.771 bits per heavy atom. The molecular weight excluding hydrogens is 562 g/mol. The summed E-state index contributed by atoms with van der Waals surface area (Å²) in [5.41, 5.74) is 0. The first kappa shape index (κ1) is 31.4. The van der Waals surface area contributed by atoms with Crippen LogP contribution in [0.15, 0.2) is 0 Å². The predicted octanol–water partition coefficient (Wildman–Crippen LogP) is 4.32. The van der Waals surface area contributed by atoms with Crippen LogP contribution in [0.3, 0.4) is 0 Å². The zero-order valence-electron chi connectivity index (χ0n) is 16.1. The first-order chi connectivity index (χ1) is 15.5. The summed E-state index contributed by atoms with van der Waals surface area (Å²) in [5.74, 6) is -45.5. The fourth-order valence-corrected chi connectivity index (χ4v) is 3.00. The second-order valence-electron chi connectivity index (χ2n) is 6.79. The average Bonchev–Trinajstić information content (AvgIpc) is 2.71. The molecule has 0 spiro atoms. The topological polar surface area (TPSA) is 84.9 Å². The number of esters is 1. The third-order valence-corrected chi connectivity index (χ3v) is 5.30. The summed E-state index contributed by atoms with van der Waals surface area (Å²) in [6.07, 6.45) is -10.8. The number of carbonyl (C=O) groups excluding carboxylic acids is 2. The Hall–Kier alpha value is -1.61. The fraction of sp³-hybridized carbons (Fsp3) is 0.857. The molecule has 0 radical (unpaired) electrons. The molecule has 0 heterocycles. The summed E-state index contributed by atoms with van der Waals surface area (Å²) < 4.78 is 194. The number of ether oxygens (including phenoxy) is 1. The van der Waals surface area contributed by atoms with Crippen LogP contribution in [0.4, 0.5) is 61.5 Å². The number of carbonyl (C=O) groups is 2. The number of Topliss-reactive ketones (excluding diaryl/α,β-unsaturated/α-hetero) is 1. The lowest BCUT2D eigenvalue weighted by Gasteiger charge is -2.42. The van der Waals surface area contributed by atoms with Crippen molar-refractivity contribution in [1.82, 2.24) is 0 Å². The van der Waals surface area contributed by atoms with E-state index in [1.165, 1.54) is 0 Å². The van der Waals surface area contributed by atoms with Gasteiger partial charge in [0.15, 0.2) is 11.9 Å². The largest absolute Gasteiger partial charge is 0.691 e. The highest BCUT2D eigenvalue weighted by molar-refractivity contribution is 7.96. The van der Waals surface area contributed by atoms with E-state index in [1.54, 1.807) is 0 Å². The molecule has 6 nitrogen and oxygen atoms in total. The molecule has 1 rings (SSSR count). The molecule has 0 N–H and O–H groups in total. The number of alkyl halides is 14. The van der Waals surface area contributed by atoms with Gasteiger partial charge in [-0.2, -0.15) is 61.4 Å². The molecule has 1 aliphatic carbocycles. The number of hydrogen-bond acceptors (Lipinski definition) is 7. The normalized spacial score (nSPS) is 21.0. The van der Waals surface area contributed by atoms with Gasteiger partial charge in [0.2, 0.25) is 0 Å². The fourth-order valence-electron chi connectivity index (χ4n) is 2.53. The molecule has 0 aliphatic heterocycles. The van der Waals surface area contributed by atoms with Gasteiger partial charge >= 0.3 is 46.8 Å². The standard InChI is InChI=1S/C14H10F14O6S/c15-8(35-34-33-31,7(30)32-6-4-2-1-3-5(6)29)9(16,17)10(18,19)11(20,21)12(22,23)13(24,25)14(26,27)28/h6,31H,1-4H2/p-1. The first-order valence-electron chi connectivity index (χ1n) is 8.50. The van der Waals surface area contributed by atoms with E-state index in [0.717, 1.165) is 0 Å². The first-order valence-corrected chi connectivity index (χ1v) is 9.24. The molecule has 0 saturated heterocycles. The number of ketones is 1. The third-order valence-electron chi connectivity index (χ3n) is 4.52. The Kier molecular flexibility index (Phi) is 8.70. The van der Waals surface area contributed by atoms with Crippen molar-refractivity contribution in [3.05, 3.63) is 0 Å². The van der Waals surface area contributed by atoms with Crippen molar-refractivity contribution in [2.45, 2.75) is 72.6 Å². The van der Waals surface area contributed by atoms with Crippen molar-refractivity contribution < 1.29 is 90.4 Å². The van der Waals surface area contributed by atoms with Crippen molar-refractivity contribution in [1.29, 1.82) is 0 Å². The molecule has 0 bridgehead atoms. The van der Waals surface area contributed by atoms with Gasteiger partial charge in [0.25, 0.3) is 0 Å². The van der Waals surface area contributed by atoms with Crippen LogP contribution in [0.5, 0.6) is 0 Å². The smallest absolute Gasteiger partial charge is 0.460 e. The third kappa shape index (κ3) is 4.87. The van der Waals surface area contributed by atoms with E-state index in [1.807, 2.05) is 0 Å². The highest BCUT2D eigenvalue weighted by atomic mass is 32.2. The van der Waals surface area contributed by atoms with E-state index in [2.05, 4.69) is 14.1 Å². The number of halogens is 14. The van der Waals surface area contributed by atoms with Crippen LogP contribution in [0, 0.1) is 0 Å². The zero-order valence-corrected chi connectivity index (χ0v) is 16.9. The van der Waals surface area contributed by atoms with Crippen LogP contribution < -0.4 is 5.26 Å². The minimum absolute atomic E-state index is 0.0281. The molecule has 0 amide bonds. The quantitative estimate of drug-likeness (QED) is 0.127. The lowest BCUT2D eigenvalue weighted by molar-refractivity contribution is -0.777. The maximum absolute atomic E-state index is 14.8. The Balaban J connectivity index is 3.60. The lowest BCUT2D eigenvalue weighted by atomic mass is 9.91. The van der Waals surface area contributed by atoms with Crippen LogP contribution in [-0.4, -0.2) is 58.6 Å². The summed E-state index contributed by atoms with van der Waals surface area (Å²) >= 11 is -2.21. The van der Waals surface area contributed by atoms with Gasteiger partial charge in [-0.05, 0) is 19.3 Å². The molecule has 35 heavy (non-hydrogen) atoms. The SMILES string of the molecule is O=C1CCCCC1OC(=O)C(F)(SOO[O-])C(F)(F)C(F)(F)C(F)(F)C(F)(F)C(F)(F)C(F)(F)F. The molecule has 0 aromatic rings. The summed E-state index contributed by atoms with van der Waals surface area (Å²) in [5, 5.41) is 5.79. The second-order valence-corrected chi connectivity index (χ2v) is 7.66. The second kappa shape index (κ2) is 9.69. The van der Waals surface area contributed by atoms with Crippen LogP contribution in [0.2, 0.25) is 0 Å². The Bertz CT molecular complexity index is 803. The van der Waals surface area contributed by atoms with Gasteiger partial charge in [0.1, 0.15) is 0 Å². The minimum Gasteiger partial charge on any atom is -0.691 e. The highest BCUT2D eigenvalue weighted by Crippen LogP contribution is 2.63. The van der Waals surface area contributed by atoms with Crippen LogP contribution in [0.25, 0.3) is 0 Å². The maximum atomic E-state index is 14.8. The molecule has 1 aliphatic rings. The van der Waals surface area contributed by atoms with Gasteiger partial charge in [-0.15, -0.1) is 0 Å². The number of rotatable bonds is 10. The zero-order chi connectivity index (χ0) is 27.9. The Morgan fingerprint density at radius 2 is 1.23 bits per heavy atom. The van der Waals surface area contributed by atoms with Crippen molar-refractivity contribution in [3.8, 4) is 0 Å².